The normalized spacial score (nSPS) is 11.0. The lowest BCUT2D eigenvalue weighted by Crippen LogP contribution is -2.09. The first-order valence-electron chi connectivity index (χ1n) is 8.79. The van der Waals surface area contributed by atoms with Crippen LogP contribution < -0.4 is 10.3 Å². The Kier molecular flexibility index (Phi) is 6.00. The number of halogens is 1. The largest absolute Gasteiger partial charge is 0.494 e. The molecule has 4 rings (SSSR count). The minimum atomic E-state index is -0.0926. The van der Waals surface area contributed by atoms with Gasteiger partial charge in [-0.25, -0.2) is 4.98 Å². The fourth-order valence-corrected chi connectivity index (χ4v) is 4.68. The highest BCUT2D eigenvalue weighted by Gasteiger charge is 2.12. The molecule has 0 saturated heterocycles. The quantitative estimate of drug-likeness (QED) is 0.227. The van der Waals surface area contributed by atoms with Crippen LogP contribution in [0.2, 0.25) is 5.02 Å². The molecular weight excluding hydrogens is 412 g/mol. The monoisotopic (exact) mass is 428 g/mol. The number of aromatic nitrogens is 2. The molecule has 2 heterocycles. The van der Waals surface area contributed by atoms with Crippen LogP contribution in [0, 0.1) is 0 Å². The molecule has 1 N–H and O–H groups in total. The number of nitrogens with zero attached hydrogens (tertiary/aromatic N) is 1. The molecule has 142 valence electrons. The lowest BCUT2D eigenvalue weighted by Gasteiger charge is -2.06. The fraction of sp³-hybridized carbons (Fsp3) is 0.143. The van der Waals surface area contributed by atoms with Gasteiger partial charge in [-0.15, -0.1) is 11.3 Å². The highest BCUT2D eigenvalue weighted by Crippen LogP contribution is 2.31. The zero-order valence-electron chi connectivity index (χ0n) is 14.9. The van der Waals surface area contributed by atoms with Gasteiger partial charge in [-0.2, -0.15) is 0 Å². The molecule has 0 aliphatic rings. The van der Waals surface area contributed by atoms with E-state index in [9.17, 15) is 4.79 Å². The van der Waals surface area contributed by atoms with Crippen LogP contribution in [-0.2, 0) is 0 Å². The van der Waals surface area contributed by atoms with Crippen molar-refractivity contribution < 1.29 is 4.74 Å². The zero-order valence-corrected chi connectivity index (χ0v) is 17.2. The average molecular weight is 429 g/mol. The summed E-state index contributed by atoms with van der Waals surface area (Å²) in [6, 6.07) is 17.2. The minimum absolute atomic E-state index is 0.0926. The SMILES string of the molecule is O=c1[nH]c(SCCCOc2ccc(Cl)cc2)nc2scc(-c3ccccc3)c12. The molecule has 0 aliphatic carbocycles. The van der Waals surface area contributed by atoms with E-state index in [1.54, 1.807) is 12.1 Å². The summed E-state index contributed by atoms with van der Waals surface area (Å²) < 4.78 is 5.68. The first-order chi connectivity index (χ1) is 13.7. The van der Waals surface area contributed by atoms with E-state index >= 15 is 0 Å². The molecule has 7 heteroatoms. The number of hydrogen-bond donors (Lipinski definition) is 1. The Hall–Kier alpha value is -2.28. The number of aromatic amines is 1. The van der Waals surface area contributed by atoms with Gasteiger partial charge in [-0.1, -0.05) is 53.7 Å². The lowest BCUT2D eigenvalue weighted by atomic mass is 10.1. The Bertz CT molecular complexity index is 1120. The van der Waals surface area contributed by atoms with Gasteiger partial charge >= 0.3 is 0 Å². The summed E-state index contributed by atoms with van der Waals surface area (Å²) in [7, 11) is 0. The molecule has 0 aliphatic heterocycles. The maximum Gasteiger partial charge on any atom is 0.260 e. The second-order valence-electron chi connectivity index (χ2n) is 6.07. The number of ether oxygens (including phenoxy) is 1. The predicted molar refractivity (Wildman–Crippen MR) is 118 cm³/mol. The summed E-state index contributed by atoms with van der Waals surface area (Å²) in [5, 5.41) is 3.99. The van der Waals surface area contributed by atoms with Gasteiger partial charge < -0.3 is 9.72 Å². The third kappa shape index (κ3) is 4.41. The van der Waals surface area contributed by atoms with Crippen molar-refractivity contribution in [2.75, 3.05) is 12.4 Å². The Labute approximate surface area is 175 Å². The molecule has 0 amide bonds. The number of nitrogens with one attached hydrogen (secondary N) is 1. The van der Waals surface area contributed by atoms with Crippen LogP contribution in [-0.4, -0.2) is 22.3 Å². The van der Waals surface area contributed by atoms with Crippen LogP contribution >= 0.6 is 34.7 Å². The zero-order chi connectivity index (χ0) is 19.3. The van der Waals surface area contributed by atoms with Crippen molar-refractivity contribution in [2.24, 2.45) is 0 Å². The summed E-state index contributed by atoms with van der Waals surface area (Å²) in [6.45, 7) is 0.596. The molecule has 0 bridgehead atoms. The number of fused-ring (bicyclic) bond motifs is 1. The van der Waals surface area contributed by atoms with Gasteiger partial charge in [0, 0.05) is 21.7 Å². The molecule has 2 aromatic heterocycles. The van der Waals surface area contributed by atoms with Crippen molar-refractivity contribution >= 4 is 44.9 Å². The van der Waals surface area contributed by atoms with Crippen molar-refractivity contribution in [2.45, 2.75) is 11.6 Å². The van der Waals surface area contributed by atoms with Crippen LogP contribution in [0.4, 0.5) is 0 Å². The molecular formula is C21H17ClN2O2S2. The molecule has 4 nitrogen and oxygen atoms in total. The Morgan fingerprint density at radius 3 is 2.68 bits per heavy atom. The molecule has 0 atom stereocenters. The topological polar surface area (TPSA) is 55.0 Å². The smallest absolute Gasteiger partial charge is 0.260 e. The van der Waals surface area contributed by atoms with E-state index in [0.29, 0.717) is 22.2 Å². The maximum absolute atomic E-state index is 12.6. The van der Waals surface area contributed by atoms with Gasteiger partial charge in [0.15, 0.2) is 5.16 Å². The second kappa shape index (κ2) is 8.82. The van der Waals surface area contributed by atoms with Crippen molar-refractivity contribution in [1.29, 1.82) is 0 Å². The molecule has 2 aromatic carbocycles. The van der Waals surface area contributed by atoms with Gasteiger partial charge in [0.05, 0.1) is 12.0 Å². The van der Waals surface area contributed by atoms with E-state index in [-0.39, 0.29) is 5.56 Å². The number of rotatable bonds is 7. The number of thioether (sulfide) groups is 1. The van der Waals surface area contributed by atoms with Crippen LogP contribution in [0.25, 0.3) is 21.3 Å². The molecule has 4 aromatic rings. The second-order valence-corrected chi connectivity index (χ2v) is 8.45. The van der Waals surface area contributed by atoms with E-state index in [1.807, 2.05) is 47.8 Å². The highest BCUT2D eigenvalue weighted by molar-refractivity contribution is 7.99. The van der Waals surface area contributed by atoms with E-state index < -0.39 is 0 Å². The molecule has 0 fully saturated rings. The summed E-state index contributed by atoms with van der Waals surface area (Å²) in [5.41, 5.74) is 1.87. The standard InChI is InChI=1S/C21H17ClN2O2S2/c22-15-7-9-16(10-8-15)26-11-4-12-27-21-23-19(25)18-17(13-28-20(18)24-21)14-5-2-1-3-6-14/h1-3,5-10,13H,4,11-12H2,(H,23,24,25). The van der Waals surface area contributed by atoms with Crippen molar-refractivity contribution in [3.8, 4) is 16.9 Å². The summed E-state index contributed by atoms with van der Waals surface area (Å²) in [6.07, 6.45) is 0.842. The van der Waals surface area contributed by atoms with Crippen LogP contribution in [0.5, 0.6) is 5.75 Å². The van der Waals surface area contributed by atoms with Crippen molar-refractivity contribution in [1.82, 2.24) is 9.97 Å². The van der Waals surface area contributed by atoms with Crippen molar-refractivity contribution in [3.63, 3.8) is 0 Å². The molecule has 0 radical (unpaired) electrons. The van der Waals surface area contributed by atoms with E-state index in [2.05, 4.69) is 9.97 Å². The van der Waals surface area contributed by atoms with E-state index in [0.717, 1.165) is 33.9 Å². The van der Waals surface area contributed by atoms with Crippen LogP contribution in [0.1, 0.15) is 6.42 Å². The van der Waals surface area contributed by atoms with E-state index in [1.165, 1.54) is 23.1 Å². The van der Waals surface area contributed by atoms with Gasteiger partial charge in [-0.3, -0.25) is 4.79 Å². The van der Waals surface area contributed by atoms with Crippen LogP contribution in [0.3, 0.4) is 0 Å². The minimum Gasteiger partial charge on any atom is -0.494 e. The summed E-state index contributed by atoms with van der Waals surface area (Å²) >= 11 is 8.89. The van der Waals surface area contributed by atoms with Crippen molar-refractivity contribution in [3.05, 3.63) is 75.4 Å². The number of H-pyrrole nitrogens is 1. The van der Waals surface area contributed by atoms with Gasteiger partial charge in [-0.05, 0) is 36.2 Å². The summed E-state index contributed by atoms with van der Waals surface area (Å²) in [4.78, 5) is 20.9. The highest BCUT2D eigenvalue weighted by atomic mass is 35.5. The third-order valence-corrected chi connectivity index (χ3v) is 6.20. The molecule has 0 saturated carbocycles. The Morgan fingerprint density at radius 1 is 1.11 bits per heavy atom. The van der Waals surface area contributed by atoms with Gasteiger partial charge in [0.2, 0.25) is 0 Å². The number of thiophene rings is 1. The summed E-state index contributed by atoms with van der Waals surface area (Å²) in [5.74, 6) is 1.60. The lowest BCUT2D eigenvalue weighted by molar-refractivity contribution is 0.318. The number of benzene rings is 2. The number of hydrogen-bond acceptors (Lipinski definition) is 5. The molecule has 28 heavy (non-hydrogen) atoms. The van der Waals surface area contributed by atoms with Crippen LogP contribution in [0.15, 0.2) is 69.9 Å². The average Bonchev–Trinajstić information content (AvgIpc) is 3.14. The first kappa shape index (κ1) is 19.1. The molecule has 0 unspecified atom stereocenters. The van der Waals surface area contributed by atoms with Gasteiger partial charge in [0.1, 0.15) is 10.6 Å². The Balaban J connectivity index is 1.38. The van der Waals surface area contributed by atoms with E-state index in [4.69, 9.17) is 16.3 Å². The Morgan fingerprint density at radius 2 is 1.89 bits per heavy atom. The fourth-order valence-electron chi connectivity index (χ4n) is 2.78. The predicted octanol–water partition coefficient (Wildman–Crippen LogP) is 5.87. The third-order valence-electron chi connectivity index (χ3n) is 4.12. The first-order valence-corrected chi connectivity index (χ1v) is 11.0. The molecule has 0 spiro atoms. The van der Waals surface area contributed by atoms with Gasteiger partial charge in [0.25, 0.3) is 5.56 Å². The maximum atomic E-state index is 12.6.